The minimum atomic E-state index is -0.963. The van der Waals surface area contributed by atoms with E-state index in [1.807, 2.05) is 18.2 Å². The molecule has 9 nitrogen and oxygen atoms in total. The molecule has 1 aromatic carbocycles. The fraction of sp³-hybridized carbons (Fsp3) is 0.455. The van der Waals surface area contributed by atoms with Gasteiger partial charge in [0, 0.05) is 0 Å². The van der Waals surface area contributed by atoms with Gasteiger partial charge in [-0.1, -0.05) is 30.3 Å². The van der Waals surface area contributed by atoms with E-state index in [2.05, 4.69) is 10.3 Å². The first-order chi connectivity index (χ1) is 14.7. The lowest BCUT2D eigenvalue weighted by atomic mass is 10.0. The molecule has 0 saturated carbocycles. The first kappa shape index (κ1) is 24.1. The van der Waals surface area contributed by atoms with Gasteiger partial charge in [-0.3, -0.25) is 4.79 Å². The summed E-state index contributed by atoms with van der Waals surface area (Å²) in [5.74, 6) is -1.65. The Morgan fingerprint density at radius 2 is 1.87 bits per heavy atom. The summed E-state index contributed by atoms with van der Waals surface area (Å²) in [7, 11) is 0. The van der Waals surface area contributed by atoms with E-state index >= 15 is 0 Å². The topological polar surface area (TPSA) is 134 Å². The van der Waals surface area contributed by atoms with Gasteiger partial charge in [-0.15, -0.1) is 0 Å². The number of hydrogen-bond acceptors (Lipinski definition) is 8. The predicted molar refractivity (Wildman–Crippen MR) is 112 cm³/mol. The Hall–Kier alpha value is -3.20. The Labute approximate surface area is 181 Å². The minimum Gasteiger partial charge on any atom is -0.456 e. The summed E-state index contributed by atoms with van der Waals surface area (Å²) in [4.78, 5) is 41.6. The lowest BCUT2D eigenvalue weighted by Gasteiger charge is -2.22. The number of carbonyl (C=O) groups is 3. The highest BCUT2D eigenvalue weighted by Crippen LogP contribution is 2.16. The van der Waals surface area contributed by atoms with Crippen LogP contribution in [0.15, 0.2) is 41.1 Å². The van der Waals surface area contributed by atoms with Gasteiger partial charge in [0.05, 0.1) is 6.04 Å². The average Bonchev–Trinajstić information content (AvgIpc) is 3.20. The molecule has 1 heterocycles. The van der Waals surface area contributed by atoms with Gasteiger partial charge in [-0.05, 0) is 52.1 Å². The second-order valence-electron chi connectivity index (χ2n) is 7.94. The van der Waals surface area contributed by atoms with Crippen molar-refractivity contribution < 1.29 is 28.3 Å². The Morgan fingerprint density at radius 1 is 1.16 bits per heavy atom. The highest BCUT2D eigenvalue weighted by molar-refractivity contribution is 6.06. The van der Waals surface area contributed by atoms with Gasteiger partial charge in [-0.25, -0.2) is 14.6 Å². The predicted octanol–water partition coefficient (Wildman–Crippen LogP) is 3.24. The number of aromatic nitrogens is 1. The van der Waals surface area contributed by atoms with Crippen molar-refractivity contribution >= 4 is 17.8 Å². The number of carbonyl (C=O) groups excluding carboxylic acids is 3. The number of esters is 1. The van der Waals surface area contributed by atoms with Crippen LogP contribution in [0.3, 0.4) is 0 Å². The molecule has 0 saturated heterocycles. The number of Topliss-reactive ketones (excluding diaryl/α,β-unsaturated/α-hetero) is 1. The summed E-state index contributed by atoms with van der Waals surface area (Å²) in [6, 6.07) is 8.14. The summed E-state index contributed by atoms with van der Waals surface area (Å²) in [5, 5.41) is 2.55. The lowest BCUT2D eigenvalue weighted by Crippen LogP contribution is -2.43. The number of benzene rings is 1. The third-order valence-electron chi connectivity index (χ3n) is 4.15. The van der Waals surface area contributed by atoms with Crippen LogP contribution >= 0.6 is 0 Å². The number of nitrogens with one attached hydrogen (secondary N) is 1. The first-order valence-electron chi connectivity index (χ1n) is 10.1. The number of unbranched alkanes of at least 4 members (excludes halogenated alkanes) is 1. The molecule has 0 radical (unpaired) electrons. The molecule has 0 aliphatic rings. The van der Waals surface area contributed by atoms with Gasteiger partial charge >= 0.3 is 12.1 Å². The molecule has 3 N–H and O–H groups in total. The molecule has 0 unspecified atom stereocenters. The SMILES string of the molecule is CC(C)(C)OC(=O)N[C@@H](CCCCN)C(=O)c1ocnc1C(=O)OCc1ccccc1. The van der Waals surface area contributed by atoms with Gasteiger partial charge in [0.25, 0.3) is 0 Å². The van der Waals surface area contributed by atoms with E-state index in [0.29, 0.717) is 25.8 Å². The molecule has 0 aliphatic carbocycles. The first-order valence-corrected chi connectivity index (χ1v) is 10.1. The quantitative estimate of drug-likeness (QED) is 0.333. The summed E-state index contributed by atoms with van der Waals surface area (Å²) in [6.45, 7) is 5.63. The molecule has 0 fully saturated rings. The van der Waals surface area contributed by atoms with Crippen LogP contribution in [0.5, 0.6) is 0 Å². The fourth-order valence-corrected chi connectivity index (χ4v) is 2.73. The highest BCUT2D eigenvalue weighted by Gasteiger charge is 2.31. The molecular formula is C22H29N3O6. The number of nitrogens with two attached hydrogens (primary N) is 1. The zero-order valence-corrected chi connectivity index (χ0v) is 18.1. The van der Waals surface area contributed by atoms with Crippen LogP contribution in [0.25, 0.3) is 0 Å². The molecule has 1 atom stereocenters. The summed E-state index contributed by atoms with van der Waals surface area (Å²) in [5.41, 5.74) is 5.35. The second-order valence-corrected chi connectivity index (χ2v) is 7.94. The number of alkyl carbamates (subject to hydrolysis) is 1. The fourth-order valence-electron chi connectivity index (χ4n) is 2.73. The van der Waals surface area contributed by atoms with E-state index in [9.17, 15) is 14.4 Å². The normalized spacial score (nSPS) is 12.1. The average molecular weight is 431 g/mol. The van der Waals surface area contributed by atoms with Crippen molar-refractivity contribution in [3.05, 3.63) is 53.7 Å². The van der Waals surface area contributed by atoms with Gasteiger partial charge in [0.1, 0.15) is 12.2 Å². The Morgan fingerprint density at radius 3 is 2.52 bits per heavy atom. The largest absolute Gasteiger partial charge is 0.456 e. The van der Waals surface area contributed by atoms with Crippen molar-refractivity contribution in [1.29, 1.82) is 0 Å². The molecule has 168 valence electrons. The molecule has 2 rings (SSSR count). The van der Waals surface area contributed by atoms with E-state index in [0.717, 1.165) is 12.0 Å². The lowest BCUT2D eigenvalue weighted by molar-refractivity contribution is 0.0461. The van der Waals surface area contributed by atoms with Crippen LogP contribution in [0.4, 0.5) is 4.79 Å². The van der Waals surface area contributed by atoms with E-state index in [4.69, 9.17) is 19.6 Å². The standard InChI is InChI=1S/C22H29N3O6/c1-22(2,3)31-21(28)25-16(11-7-8-12-23)18(26)19-17(24-14-30-19)20(27)29-13-15-9-5-4-6-10-15/h4-6,9-10,14,16H,7-8,11-13,23H2,1-3H3,(H,25,28)/t16-/m0/s1. The number of ketones is 1. The van der Waals surface area contributed by atoms with Crippen molar-refractivity contribution in [2.24, 2.45) is 5.73 Å². The number of nitrogens with zero attached hydrogens (tertiary/aromatic N) is 1. The van der Waals surface area contributed by atoms with Crippen LogP contribution in [-0.2, 0) is 16.1 Å². The van der Waals surface area contributed by atoms with Crippen LogP contribution in [0, 0.1) is 0 Å². The van der Waals surface area contributed by atoms with Gasteiger partial charge in [0.2, 0.25) is 11.5 Å². The van der Waals surface area contributed by atoms with Gasteiger partial charge < -0.3 is 24.9 Å². The third kappa shape index (κ3) is 7.86. The Balaban J connectivity index is 2.11. The Bertz CT molecular complexity index is 873. The smallest absolute Gasteiger partial charge is 0.408 e. The number of rotatable bonds is 10. The van der Waals surface area contributed by atoms with Crippen molar-refractivity contribution in [1.82, 2.24) is 10.3 Å². The monoisotopic (exact) mass is 431 g/mol. The zero-order chi connectivity index (χ0) is 22.9. The van der Waals surface area contributed by atoms with Crippen LogP contribution < -0.4 is 11.1 Å². The van der Waals surface area contributed by atoms with Gasteiger partial charge in [-0.2, -0.15) is 0 Å². The maximum Gasteiger partial charge on any atom is 0.408 e. The summed E-state index contributed by atoms with van der Waals surface area (Å²) in [6.07, 6.45) is 1.81. The number of oxazole rings is 1. The van der Waals surface area contributed by atoms with E-state index in [-0.39, 0.29) is 18.1 Å². The van der Waals surface area contributed by atoms with Crippen molar-refractivity contribution in [2.45, 2.75) is 58.3 Å². The highest BCUT2D eigenvalue weighted by atomic mass is 16.6. The maximum absolute atomic E-state index is 13.1. The van der Waals surface area contributed by atoms with Crippen LogP contribution in [-0.4, -0.2) is 41.0 Å². The molecule has 2 aromatic rings. The maximum atomic E-state index is 13.1. The molecule has 1 aromatic heterocycles. The number of amides is 1. The van der Waals surface area contributed by atoms with E-state index in [1.54, 1.807) is 32.9 Å². The van der Waals surface area contributed by atoms with Crippen molar-refractivity contribution in [2.75, 3.05) is 6.54 Å². The molecule has 1 amide bonds. The number of ether oxygens (including phenoxy) is 2. The van der Waals surface area contributed by atoms with Crippen LogP contribution in [0.1, 0.15) is 66.6 Å². The van der Waals surface area contributed by atoms with Crippen molar-refractivity contribution in [3.63, 3.8) is 0 Å². The van der Waals surface area contributed by atoms with E-state index in [1.165, 1.54) is 0 Å². The van der Waals surface area contributed by atoms with Crippen molar-refractivity contribution in [3.8, 4) is 0 Å². The molecule has 0 spiro atoms. The molecule has 0 bridgehead atoms. The molecular weight excluding hydrogens is 402 g/mol. The summed E-state index contributed by atoms with van der Waals surface area (Å²) >= 11 is 0. The Kier molecular flexibility index (Phi) is 8.75. The van der Waals surface area contributed by atoms with Gasteiger partial charge in [0.15, 0.2) is 12.1 Å². The minimum absolute atomic E-state index is 0.0241. The second kappa shape index (κ2) is 11.3. The van der Waals surface area contributed by atoms with E-state index < -0.39 is 29.5 Å². The zero-order valence-electron chi connectivity index (χ0n) is 18.1. The third-order valence-corrected chi connectivity index (χ3v) is 4.15. The summed E-state index contributed by atoms with van der Waals surface area (Å²) < 4.78 is 15.7. The van der Waals surface area contributed by atoms with Crippen LogP contribution in [0.2, 0.25) is 0 Å². The number of hydrogen-bond donors (Lipinski definition) is 2. The molecule has 31 heavy (non-hydrogen) atoms. The molecule has 0 aliphatic heterocycles. The molecule has 9 heteroatoms.